The second-order valence-electron chi connectivity index (χ2n) is 6.97. The summed E-state index contributed by atoms with van der Waals surface area (Å²) in [6.45, 7) is -0.775. The average molecular weight is 521 g/mol. The number of benzene rings is 2. The summed E-state index contributed by atoms with van der Waals surface area (Å²) in [6.07, 6.45) is -10.4. The third-order valence-electron chi connectivity index (χ3n) is 4.54. The number of nitrogens with one attached hydrogen (secondary N) is 1. The lowest BCUT2D eigenvalue weighted by atomic mass is 10.1. The maximum absolute atomic E-state index is 13.0. The number of ether oxygens (including phenoxy) is 2. The maximum atomic E-state index is 13.0. The van der Waals surface area contributed by atoms with E-state index in [4.69, 9.17) is 9.47 Å². The molecule has 0 unspecified atom stereocenters. The van der Waals surface area contributed by atoms with Crippen molar-refractivity contribution in [3.05, 3.63) is 65.7 Å². The topological polar surface area (TPSA) is 90.4 Å². The summed E-state index contributed by atoms with van der Waals surface area (Å²) in [6, 6.07) is 10.1. The first-order valence-electron chi connectivity index (χ1n) is 9.70. The molecule has 0 aliphatic rings. The zero-order valence-corrected chi connectivity index (χ0v) is 18.6. The van der Waals surface area contributed by atoms with Gasteiger partial charge in [0.2, 0.25) is 15.9 Å². The first kappa shape index (κ1) is 26.2. The minimum absolute atomic E-state index is 0.0277. The number of sulfonamides is 1. The number of nitrogens with zero attached hydrogens (tertiary/aromatic N) is 2. The van der Waals surface area contributed by atoms with Gasteiger partial charge in [-0.25, -0.2) is 13.1 Å². The summed E-state index contributed by atoms with van der Waals surface area (Å²) in [7, 11) is -3.18. The van der Waals surface area contributed by atoms with Crippen LogP contribution in [0.1, 0.15) is 11.1 Å². The largest absolute Gasteiger partial charge is 0.497 e. The van der Waals surface area contributed by atoms with E-state index in [-0.39, 0.29) is 30.7 Å². The molecule has 7 nitrogen and oxygen atoms in total. The van der Waals surface area contributed by atoms with E-state index in [0.717, 1.165) is 5.56 Å². The van der Waals surface area contributed by atoms with E-state index < -0.39 is 44.9 Å². The van der Waals surface area contributed by atoms with Crippen LogP contribution in [-0.4, -0.2) is 38.9 Å². The fourth-order valence-electron chi connectivity index (χ4n) is 2.81. The van der Waals surface area contributed by atoms with E-state index >= 15 is 0 Å². The maximum Gasteiger partial charge on any atom is 0.416 e. The standard InChI is InChI=1S/C21H17F6N3O4S/c1-33-16-4-2-13(3-5-16)18-6-7-19(30-29-18)34-9-8-28-35(31,32)17-11-14(20(22,23)24)10-15(12-17)21(25,26)27/h2-7,10-12,28H,8-9H2,1H3. The van der Waals surface area contributed by atoms with Gasteiger partial charge in [0.15, 0.2) is 0 Å². The minimum Gasteiger partial charge on any atom is -0.497 e. The Kier molecular flexibility index (Phi) is 7.55. The summed E-state index contributed by atoms with van der Waals surface area (Å²) >= 11 is 0. The molecule has 0 aliphatic heterocycles. The third-order valence-corrected chi connectivity index (χ3v) is 5.98. The van der Waals surface area contributed by atoms with Gasteiger partial charge in [-0.05, 0) is 48.5 Å². The highest BCUT2D eigenvalue weighted by atomic mass is 32.2. The Morgan fingerprint density at radius 3 is 1.94 bits per heavy atom. The van der Waals surface area contributed by atoms with Crippen molar-refractivity contribution >= 4 is 10.0 Å². The Balaban J connectivity index is 1.64. The first-order valence-corrected chi connectivity index (χ1v) is 11.2. The van der Waals surface area contributed by atoms with Crippen LogP contribution in [-0.2, 0) is 22.4 Å². The van der Waals surface area contributed by atoms with Gasteiger partial charge in [0, 0.05) is 18.2 Å². The normalized spacial score (nSPS) is 12.4. The van der Waals surface area contributed by atoms with E-state index in [0.29, 0.717) is 11.4 Å². The number of halogens is 6. The van der Waals surface area contributed by atoms with Crippen LogP contribution in [0.15, 0.2) is 59.5 Å². The molecule has 35 heavy (non-hydrogen) atoms. The van der Waals surface area contributed by atoms with Crippen molar-refractivity contribution in [1.82, 2.24) is 14.9 Å². The lowest BCUT2D eigenvalue weighted by Crippen LogP contribution is -2.29. The van der Waals surface area contributed by atoms with Gasteiger partial charge in [-0.1, -0.05) is 0 Å². The Morgan fingerprint density at radius 1 is 0.857 bits per heavy atom. The molecule has 0 bridgehead atoms. The van der Waals surface area contributed by atoms with Crippen molar-refractivity contribution in [3.63, 3.8) is 0 Å². The molecule has 0 atom stereocenters. The number of aromatic nitrogens is 2. The van der Waals surface area contributed by atoms with Crippen LogP contribution in [0, 0.1) is 0 Å². The monoisotopic (exact) mass is 521 g/mol. The Bertz CT molecular complexity index is 1230. The average Bonchev–Trinajstić information content (AvgIpc) is 2.81. The first-order chi connectivity index (χ1) is 16.3. The molecule has 0 saturated heterocycles. The summed E-state index contributed by atoms with van der Waals surface area (Å²) in [5, 5.41) is 7.81. The fraction of sp³-hybridized carbons (Fsp3) is 0.238. The number of hydrogen-bond donors (Lipinski definition) is 1. The highest BCUT2D eigenvalue weighted by Gasteiger charge is 2.38. The van der Waals surface area contributed by atoms with Crippen molar-refractivity contribution in [2.24, 2.45) is 0 Å². The molecule has 1 heterocycles. The lowest BCUT2D eigenvalue weighted by Gasteiger charge is -2.15. The summed E-state index contributed by atoms with van der Waals surface area (Å²) in [4.78, 5) is -1.18. The molecule has 0 amide bonds. The van der Waals surface area contributed by atoms with E-state index in [9.17, 15) is 34.8 Å². The highest BCUT2D eigenvalue weighted by molar-refractivity contribution is 7.89. The molecule has 0 spiro atoms. The van der Waals surface area contributed by atoms with E-state index in [1.807, 2.05) is 4.72 Å². The zero-order chi connectivity index (χ0) is 25.9. The van der Waals surface area contributed by atoms with Crippen LogP contribution < -0.4 is 14.2 Å². The Morgan fingerprint density at radius 2 is 1.46 bits per heavy atom. The molecule has 1 N–H and O–H groups in total. The molecule has 1 aromatic heterocycles. The number of methoxy groups -OCH3 is 1. The van der Waals surface area contributed by atoms with E-state index in [2.05, 4.69) is 10.2 Å². The summed E-state index contributed by atoms with van der Waals surface area (Å²) in [5.74, 6) is 0.684. The zero-order valence-electron chi connectivity index (χ0n) is 17.8. The smallest absolute Gasteiger partial charge is 0.416 e. The second kappa shape index (κ2) is 10.1. The lowest BCUT2D eigenvalue weighted by molar-refractivity contribution is -0.143. The molecule has 14 heteroatoms. The molecular weight excluding hydrogens is 504 g/mol. The van der Waals surface area contributed by atoms with Gasteiger partial charge in [-0.3, -0.25) is 0 Å². The van der Waals surface area contributed by atoms with Gasteiger partial charge in [-0.2, -0.15) is 26.3 Å². The van der Waals surface area contributed by atoms with Gasteiger partial charge in [0.25, 0.3) is 0 Å². The van der Waals surface area contributed by atoms with E-state index in [1.165, 1.54) is 13.2 Å². The molecular formula is C21H17F6N3O4S. The molecule has 2 aromatic carbocycles. The fourth-order valence-corrected chi connectivity index (χ4v) is 3.89. The van der Waals surface area contributed by atoms with Gasteiger partial charge in [-0.15, -0.1) is 10.2 Å². The van der Waals surface area contributed by atoms with E-state index in [1.54, 1.807) is 30.3 Å². The molecule has 0 saturated carbocycles. The SMILES string of the molecule is COc1ccc(-c2ccc(OCCNS(=O)(=O)c3cc(C(F)(F)F)cc(C(F)(F)F)c3)nn2)cc1. The van der Waals surface area contributed by atoms with Crippen LogP contribution >= 0.6 is 0 Å². The number of alkyl halides is 6. The van der Waals surface area contributed by atoms with Crippen molar-refractivity contribution in [1.29, 1.82) is 0 Å². The third kappa shape index (κ3) is 6.82. The summed E-state index contributed by atoms with van der Waals surface area (Å²) in [5.41, 5.74) is -2.21. The van der Waals surface area contributed by atoms with Crippen molar-refractivity contribution in [2.45, 2.75) is 17.2 Å². The Hall–Kier alpha value is -3.39. The molecule has 0 radical (unpaired) electrons. The van der Waals surface area contributed by atoms with Crippen molar-refractivity contribution in [3.8, 4) is 22.9 Å². The predicted octanol–water partition coefficient (Wildman–Crippen LogP) is 4.55. The second-order valence-corrected chi connectivity index (χ2v) is 8.74. The number of hydrogen-bond acceptors (Lipinski definition) is 6. The molecule has 3 rings (SSSR count). The van der Waals surface area contributed by atoms with Gasteiger partial charge in [0.05, 0.1) is 28.8 Å². The van der Waals surface area contributed by atoms with Crippen molar-refractivity contribution < 1.29 is 44.2 Å². The van der Waals surface area contributed by atoms with Crippen LogP contribution in [0.5, 0.6) is 11.6 Å². The predicted molar refractivity (Wildman–Crippen MR) is 111 cm³/mol. The molecule has 0 aliphatic carbocycles. The molecule has 188 valence electrons. The quantitative estimate of drug-likeness (QED) is 0.346. The summed E-state index contributed by atoms with van der Waals surface area (Å²) < 4.78 is 115. The van der Waals surface area contributed by atoms with Gasteiger partial charge in [0.1, 0.15) is 12.4 Å². The Labute approximate surface area is 195 Å². The molecule has 3 aromatic rings. The van der Waals surface area contributed by atoms with Crippen LogP contribution in [0.2, 0.25) is 0 Å². The highest BCUT2D eigenvalue weighted by Crippen LogP contribution is 2.37. The van der Waals surface area contributed by atoms with Gasteiger partial charge >= 0.3 is 12.4 Å². The van der Waals surface area contributed by atoms with Gasteiger partial charge < -0.3 is 9.47 Å². The minimum atomic E-state index is -5.18. The number of rotatable bonds is 8. The van der Waals surface area contributed by atoms with Crippen molar-refractivity contribution in [2.75, 3.05) is 20.3 Å². The van der Waals surface area contributed by atoms with Crippen LogP contribution in [0.25, 0.3) is 11.3 Å². The molecule has 0 fully saturated rings. The van der Waals surface area contributed by atoms with Crippen LogP contribution in [0.4, 0.5) is 26.3 Å². The van der Waals surface area contributed by atoms with Crippen LogP contribution in [0.3, 0.4) is 0 Å².